The summed E-state index contributed by atoms with van der Waals surface area (Å²) in [6.45, 7) is 4.62. The number of hydrogen-bond acceptors (Lipinski definition) is 3. The summed E-state index contributed by atoms with van der Waals surface area (Å²) in [5.41, 5.74) is 1.83. The lowest BCUT2D eigenvalue weighted by atomic mass is 9.70. The van der Waals surface area contributed by atoms with Gasteiger partial charge in [0.1, 0.15) is 5.78 Å². The van der Waals surface area contributed by atoms with Crippen molar-refractivity contribution in [3.05, 3.63) is 71.8 Å². The number of Topliss-reactive ketones (excluding diaryl/α,β-unsaturated/α-hetero) is 1. The quantitative estimate of drug-likeness (QED) is 0.157. The number of rotatable bonds is 22. The number of ketones is 1. The Bertz CT molecular complexity index is 895. The molecule has 0 aliphatic heterocycles. The molecule has 4 nitrogen and oxygen atoms in total. The first-order chi connectivity index (χ1) is 18.5. The van der Waals surface area contributed by atoms with Gasteiger partial charge in [0.25, 0.3) is 0 Å². The molecule has 38 heavy (non-hydrogen) atoms. The molecule has 0 radical (unpaired) electrons. The highest BCUT2D eigenvalue weighted by Gasteiger charge is 2.36. The molecule has 2 rings (SSSR count). The molecule has 0 aromatic heterocycles. The molecular weight excluding hydrogens is 472 g/mol. The molecule has 1 N–H and O–H groups in total. The topological polar surface area (TPSA) is 63.6 Å². The number of benzene rings is 2. The fourth-order valence-electron chi connectivity index (χ4n) is 5.49. The molecule has 0 spiro atoms. The largest absolute Gasteiger partial charge is 0.481 e. The molecule has 0 amide bonds. The molecule has 0 aliphatic carbocycles. The lowest BCUT2D eigenvalue weighted by molar-refractivity contribution is -0.137. The molecule has 2 atom stereocenters. The van der Waals surface area contributed by atoms with Crippen molar-refractivity contribution in [1.82, 2.24) is 0 Å². The predicted molar refractivity (Wildman–Crippen MR) is 156 cm³/mol. The number of carbonyl (C=O) groups excluding carboxylic acids is 1. The van der Waals surface area contributed by atoms with Gasteiger partial charge in [-0.1, -0.05) is 119 Å². The van der Waals surface area contributed by atoms with Crippen LogP contribution in [0.5, 0.6) is 0 Å². The van der Waals surface area contributed by atoms with Crippen LogP contribution in [0.1, 0.15) is 121 Å². The van der Waals surface area contributed by atoms with E-state index in [9.17, 15) is 9.59 Å². The van der Waals surface area contributed by atoms with Crippen molar-refractivity contribution >= 4 is 11.8 Å². The second kappa shape index (κ2) is 18.7. The van der Waals surface area contributed by atoms with E-state index in [-0.39, 0.29) is 18.3 Å². The van der Waals surface area contributed by atoms with Crippen molar-refractivity contribution < 1.29 is 19.4 Å². The Balaban J connectivity index is 2.02. The van der Waals surface area contributed by atoms with Crippen LogP contribution in [0.4, 0.5) is 0 Å². The van der Waals surface area contributed by atoms with Gasteiger partial charge in [-0.05, 0) is 56.6 Å². The van der Waals surface area contributed by atoms with Crippen molar-refractivity contribution in [1.29, 1.82) is 0 Å². The Kier molecular flexibility index (Phi) is 15.7. The van der Waals surface area contributed by atoms with Crippen molar-refractivity contribution in [3.63, 3.8) is 0 Å². The zero-order chi connectivity index (χ0) is 27.5. The zero-order valence-corrected chi connectivity index (χ0v) is 23.8. The zero-order valence-electron chi connectivity index (χ0n) is 23.8. The Hall–Kier alpha value is -2.46. The standard InChI is InChI=1S/C34H50O4/c1-3-4-5-6-15-23-32(38-28-30-19-11-9-12-20-30)24-18-27-34(29(2)35,31-21-13-10-14-22-31)26-17-8-7-16-25-33(36)37/h9-14,19-22,32H,3-8,15-18,23-28H2,1-2H3,(H,36,37). The summed E-state index contributed by atoms with van der Waals surface area (Å²) in [4.78, 5) is 24.0. The van der Waals surface area contributed by atoms with Crippen LogP contribution in [0, 0.1) is 0 Å². The van der Waals surface area contributed by atoms with Gasteiger partial charge in [0.05, 0.1) is 18.1 Å². The molecular formula is C34H50O4. The summed E-state index contributed by atoms with van der Waals surface area (Å²) in [7, 11) is 0. The van der Waals surface area contributed by atoms with Gasteiger partial charge < -0.3 is 9.84 Å². The average molecular weight is 523 g/mol. The van der Waals surface area contributed by atoms with Gasteiger partial charge in [-0.3, -0.25) is 9.59 Å². The summed E-state index contributed by atoms with van der Waals surface area (Å²) < 4.78 is 6.43. The van der Waals surface area contributed by atoms with Gasteiger partial charge in [0, 0.05) is 6.42 Å². The molecule has 4 heteroatoms. The first-order valence-electron chi connectivity index (χ1n) is 14.9. The van der Waals surface area contributed by atoms with Crippen LogP contribution < -0.4 is 0 Å². The van der Waals surface area contributed by atoms with Gasteiger partial charge in [0.15, 0.2) is 0 Å². The van der Waals surface area contributed by atoms with Crippen LogP contribution in [-0.4, -0.2) is 23.0 Å². The lowest BCUT2D eigenvalue weighted by Crippen LogP contribution is -2.34. The molecule has 0 bridgehead atoms. The van der Waals surface area contributed by atoms with Crippen LogP contribution in [0.2, 0.25) is 0 Å². The summed E-state index contributed by atoms with van der Waals surface area (Å²) in [6, 6.07) is 20.6. The van der Waals surface area contributed by atoms with E-state index in [2.05, 4.69) is 43.3 Å². The third kappa shape index (κ3) is 11.9. The number of hydrogen-bond donors (Lipinski definition) is 1. The molecule has 2 aromatic carbocycles. The van der Waals surface area contributed by atoms with Crippen LogP contribution in [0.3, 0.4) is 0 Å². The van der Waals surface area contributed by atoms with E-state index in [1.165, 1.54) is 37.7 Å². The lowest BCUT2D eigenvalue weighted by Gasteiger charge is -2.33. The summed E-state index contributed by atoms with van der Waals surface area (Å²) in [5, 5.41) is 8.90. The number of aliphatic carboxylic acids is 1. The molecule has 0 fully saturated rings. The molecule has 2 aromatic rings. The van der Waals surface area contributed by atoms with E-state index in [4.69, 9.17) is 9.84 Å². The van der Waals surface area contributed by atoms with Crippen LogP contribution >= 0.6 is 0 Å². The maximum Gasteiger partial charge on any atom is 0.303 e. The number of ether oxygens (including phenoxy) is 1. The van der Waals surface area contributed by atoms with Crippen molar-refractivity contribution in [3.8, 4) is 0 Å². The van der Waals surface area contributed by atoms with Gasteiger partial charge in [0.2, 0.25) is 0 Å². The maximum absolute atomic E-state index is 13.2. The highest BCUT2D eigenvalue weighted by Crippen LogP contribution is 2.37. The Morgan fingerprint density at radius 3 is 2.00 bits per heavy atom. The monoisotopic (exact) mass is 522 g/mol. The third-order valence-electron chi connectivity index (χ3n) is 7.83. The highest BCUT2D eigenvalue weighted by atomic mass is 16.5. The molecule has 2 unspecified atom stereocenters. The van der Waals surface area contributed by atoms with E-state index in [0.29, 0.717) is 13.0 Å². The minimum atomic E-state index is -0.734. The Labute approximate surface area is 231 Å². The average Bonchev–Trinajstić information content (AvgIpc) is 2.92. The van der Waals surface area contributed by atoms with Crippen LogP contribution in [0.15, 0.2) is 60.7 Å². The highest BCUT2D eigenvalue weighted by molar-refractivity contribution is 5.88. The molecule has 0 saturated carbocycles. The van der Waals surface area contributed by atoms with Crippen molar-refractivity contribution in [2.24, 2.45) is 0 Å². The summed E-state index contributed by atoms with van der Waals surface area (Å²) in [6.07, 6.45) is 14.8. The fraction of sp³-hybridized carbons (Fsp3) is 0.588. The first kappa shape index (κ1) is 31.8. The third-order valence-corrected chi connectivity index (χ3v) is 7.83. The smallest absolute Gasteiger partial charge is 0.303 e. The Morgan fingerprint density at radius 1 is 0.763 bits per heavy atom. The fourth-order valence-corrected chi connectivity index (χ4v) is 5.49. The molecule has 0 saturated heterocycles. The summed E-state index contributed by atoms with van der Waals surface area (Å²) in [5.74, 6) is -0.502. The van der Waals surface area contributed by atoms with E-state index in [1.54, 1.807) is 6.92 Å². The van der Waals surface area contributed by atoms with Gasteiger partial charge in [-0.2, -0.15) is 0 Å². The Morgan fingerprint density at radius 2 is 1.34 bits per heavy atom. The van der Waals surface area contributed by atoms with Gasteiger partial charge >= 0.3 is 5.97 Å². The van der Waals surface area contributed by atoms with Crippen LogP contribution in [-0.2, 0) is 26.3 Å². The number of carbonyl (C=O) groups is 2. The van der Waals surface area contributed by atoms with Crippen molar-refractivity contribution in [2.75, 3.05) is 0 Å². The van der Waals surface area contributed by atoms with Gasteiger partial charge in [-0.15, -0.1) is 0 Å². The second-order valence-corrected chi connectivity index (χ2v) is 10.8. The van der Waals surface area contributed by atoms with Crippen LogP contribution in [0.25, 0.3) is 0 Å². The predicted octanol–water partition coefficient (Wildman–Crippen LogP) is 9.05. The molecule has 0 heterocycles. The summed E-state index contributed by atoms with van der Waals surface area (Å²) >= 11 is 0. The number of carboxylic acid groups (broad SMARTS) is 1. The van der Waals surface area contributed by atoms with E-state index in [1.807, 2.05) is 24.3 Å². The van der Waals surface area contributed by atoms with E-state index >= 15 is 0 Å². The molecule has 0 aliphatic rings. The van der Waals surface area contributed by atoms with Gasteiger partial charge in [-0.25, -0.2) is 0 Å². The van der Waals surface area contributed by atoms with E-state index in [0.717, 1.165) is 56.9 Å². The first-order valence-corrected chi connectivity index (χ1v) is 14.9. The number of carboxylic acids is 1. The number of unbranched alkanes of at least 4 members (excludes halogenated alkanes) is 7. The SMILES string of the molecule is CCCCCCCC(CCCC(CCCCCCC(=O)O)(C(C)=O)c1ccccc1)OCc1ccccc1. The minimum Gasteiger partial charge on any atom is -0.481 e. The molecule has 210 valence electrons. The second-order valence-electron chi connectivity index (χ2n) is 10.8. The van der Waals surface area contributed by atoms with E-state index < -0.39 is 11.4 Å². The van der Waals surface area contributed by atoms with Crippen molar-refractivity contribution in [2.45, 2.75) is 128 Å². The minimum absolute atomic E-state index is 0.202. The maximum atomic E-state index is 13.2. The normalized spacial score (nSPS) is 13.6.